The lowest BCUT2D eigenvalue weighted by Gasteiger charge is -2.08. The van der Waals surface area contributed by atoms with E-state index in [0.717, 1.165) is 23.1 Å². The van der Waals surface area contributed by atoms with Gasteiger partial charge in [-0.2, -0.15) is 9.78 Å². The monoisotopic (exact) mass is 383 g/mol. The third-order valence-electron chi connectivity index (χ3n) is 4.21. The van der Waals surface area contributed by atoms with Gasteiger partial charge in [-0.1, -0.05) is 24.3 Å². The van der Waals surface area contributed by atoms with Crippen LogP contribution in [0.1, 0.15) is 16.7 Å². The molecule has 0 saturated heterocycles. The van der Waals surface area contributed by atoms with Crippen molar-refractivity contribution in [2.24, 2.45) is 0 Å². The number of hydrogen-bond acceptors (Lipinski definition) is 4. The molecule has 0 amide bonds. The summed E-state index contributed by atoms with van der Waals surface area (Å²) >= 11 is 0. The highest BCUT2D eigenvalue weighted by atomic mass is 35.5. The lowest BCUT2D eigenvalue weighted by molar-refractivity contribution is -0.743. The molecule has 2 aromatic carbocycles. The lowest BCUT2D eigenvalue weighted by atomic mass is 10.1. The second kappa shape index (κ2) is 8.05. The number of nitrogens with one attached hydrogen (secondary N) is 1. The largest absolute Gasteiger partial charge is 1.00 e. The Labute approximate surface area is 161 Å². The number of aromatic nitrogens is 3. The number of aryl methyl sites for hydroxylation is 1. The van der Waals surface area contributed by atoms with Gasteiger partial charge in [-0.05, 0) is 40.7 Å². The van der Waals surface area contributed by atoms with Crippen LogP contribution in [0, 0.1) is 6.92 Å². The number of ether oxygens (including phenoxy) is 1. The van der Waals surface area contributed by atoms with Crippen molar-refractivity contribution < 1.29 is 26.2 Å². The van der Waals surface area contributed by atoms with Gasteiger partial charge in [0.1, 0.15) is 24.5 Å². The molecule has 0 bridgehead atoms. The summed E-state index contributed by atoms with van der Waals surface area (Å²) in [7, 11) is 0. The van der Waals surface area contributed by atoms with Crippen molar-refractivity contribution in [1.29, 1.82) is 0 Å². The van der Waals surface area contributed by atoms with Gasteiger partial charge in [0.2, 0.25) is 6.33 Å². The van der Waals surface area contributed by atoms with Crippen LogP contribution in [0.2, 0.25) is 0 Å². The van der Waals surface area contributed by atoms with Crippen LogP contribution in [0.4, 0.5) is 0 Å². The molecule has 0 aliphatic rings. The molecule has 27 heavy (non-hydrogen) atoms. The number of rotatable bonds is 5. The third kappa shape index (κ3) is 4.35. The fourth-order valence-electron chi connectivity index (χ4n) is 2.84. The Morgan fingerprint density at radius 1 is 1.11 bits per heavy atom. The van der Waals surface area contributed by atoms with Gasteiger partial charge >= 0.3 is 12.0 Å². The maximum Gasteiger partial charge on any atom is 0.336 e. The summed E-state index contributed by atoms with van der Waals surface area (Å²) in [4.78, 5) is 15.5. The second-order valence-corrected chi connectivity index (χ2v) is 6.16. The summed E-state index contributed by atoms with van der Waals surface area (Å²) in [5, 5.41) is 3.93. The molecule has 2 aromatic heterocycles. The topological polar surface area (TPSA) is 72.0 Å². The molecule has 0 fully saturated rings. The number of aromatic amines is 1. The van der Waals surface area contributed by atoms with Gasteiger partial charge in [-0.15, -0.1) is 0 Å². The molecule has 0 unspecified atom stereocenters. The lowest BCUT2D eigenvalue weighted by Crippen LogP contribution is -3.00. The Balaban J connectivity index is 0.00000210. The average molecular weight is 384 g/mol. The smallest absolute Gasteiger partial charge is 0.336 e. The first-order valence-corrected chi connectivity index (χ1v) is 8.30. The average Bonchev–Trinajstić information content (AvgIpc) is 3.14. The maximum absolute atomic E-state index is 11.5. The van der Waals surface area contributed by atoms with Gasteiger partial charge in [-0.25, -0.2) is 4.79 Å². The Morgan fingerprint density at radius 3 is 2.63 bits per heavy atom. The van der Waals surface area contributed by atoms with Crippen molar-refractivity contribution in [2.45, 2.75) is 20.1 Å². The molecule has 4 aromatic rings. The Kier molecular flexibility index (Phi) is 5.57. The molecule has 0 aliphatic heterocycles. The van der Waals surface area contributed by atoms with E-state index in [1.165, 1.54) is 11.6 Å². The van der Waals surface area contributed by atoms with Gasteiger partial charge in [0, 0.05) is 17.5 Å². The fraction of sp³-hybridized carbons (Fsp3) is 0.150. The van der Waals surface area contributed by atoms with Crippen molar-refractivity contribution >= 4 is 11.0 Å². The van der Waals surface area contributed by atoms with E-state index in [9.17, 15) is 4.79 Å². The van der Waals surface area contributed by atoms with Crippen molar-refractivity contribution in [3.05, 3.63) is 88.3 Å². The number of benzene rings is 2. The number of halogens is 1. The first kappa shape index (κ1) is 18.7. The van der Waals surface area contributed by atoms with E-state index in [1.54, 1.807) is 18.7 Å². The first-order chi connectivity index (χ1) is 12.7. The minimum Gasteiger partial charge on any atom is -1.00 e. The zero-order chi connectivity index (χ0) is 17.9. The molecule has 0 atom stereocenters. The van der Waals surface area contributed by atoms with E-state index in [0.29, 0.717) is 17.9 Å². The summed E-state index contributed by atoms with van der Waals surface area (Å²) in [5.74, 6) is 0.670. The highest BCUT2D eigenvalue weighted by molar-refractivity contribution is 5.81. The molecule has 0 saturated carbocycles. The Bertz CT molecular complexity index is 1090. The number of H-pyrrole nitrogens is 1. The third-order valence-corrected chi connectivity index (χ3v) is 4.21. The second-order valence-electron chi connectivity index (χ2n) is 6.16. The van der Waals surface area contributed by atoms with Crippen molar-refractivity contribution in [3.8, 4) is 5.75 Å². The Morgan fingerprint density at radius 2 is 1.89 bits per heavy atom. The van der Waals surface area contributed by atoms with E-state index in [4.69, 9.17) is 9.15 Å². The summed E-state index contributed by atoms with van der Waals surface area (Å²) in [6.45, 7) is 3.08. The SMILES string of the molecule is Cc1cc(=O)oc2cc(OCc3ccc(C[n+]4cnc[nH]4)cc3)ccc12.[Cl-]. The summed E-state index contributed by atoms with van der Waals surface area (Å²) in [6, 6.07) is 15.3. The van der Waals surface area contributed by atoms with Crippen LogP contribution in [0.25, 0.3) is 11.0 Å². The van der Waals surface area contributed by atoms with Crippen molar-refractivity contribution in [2.75, 3.05) is 0 Å². The van der Waals surface area contributed by atoms with E-state index in [2.05, 4.69) is 22.2 Å². The molecule has 2 heterocycles. The molecule has 6 nitrogen and oxygen atoms in total. The molecular weight excluding hydrogens is 366 g/mol. The minimum absolute atomic E-state index is 0. The molecule has 0 spiro atoms. The standard InChI is InChI=1S/C20H17N3O3.ClH/c1-14-8-20(24)26-19-9-17(6-7-18(14)19)25-11-16-4-2-15(3-5-16)10-23-13-21-12-22-23;/h2-9,12-13H,10-11H2,1H3;1H. The summed E-state index contributed by atoms with van der Waals surface area (Å²) < 4.78 is 13.0. The minimum atomic E-state index is -0.349. The van der Waals surface area contributed by atoms with Gasteiger partial charge in [0.05, 0.1) is 0 Å². The van der Waals surface area contributed by atoms with Gasteiger partial charge in [-0.3, -0.25) is 0 Å². The number of fused-ring (bicyclic) bond motifs is 1. The normalized spacial score (nSPS) is 10.6. The zero-order valence-electron chi connectivity index (χ0n) is 14.7. The molecule has 4 rings (SSSR count). The van der Waals surface area contributed by atoms with Crippen molar-refractivity contribution in [1.82, 2.24) is 10.1 Å². The first-order valence-electron chi connectivity index (χ1n) is 8.30. The van der Waals surface area contributed by atoms with Crippen LogP contribution >= 0.6 is 0 Å². The van der Waals surface area contributed by atoms with E-state index in [-0.39, 0.29) is 18.0 Å². The van der Waals surface area contributed by atoms with E-state index in [1.807, 2.05) is 35.9 Å². The number of nitrogens with zero attached hydrogens (tertiary/aromatic N) is 2. The molecular formula is C20H18ClN3O3. The summed E-state index contributed by atoms with van der Waals surface area (Å²) in [5.41, 5.74) is 3.32. The van der Waals surface area contributed by atoms with E-state index >= 15 is 0 Å². The predicted molar refractivity (Wildman–Crippen MR) is 95.9 cm³/mol. The quantitative estimate of drug-likeness (QED) is 0.381. The molecule has 7 heteroatoms. The molecule has 138 valence electrons. The highest BCUT2D eigenvalue weighted by Gasteiger charge is 2.05. The molecule has 0 aliphatic carbocycles. The van der Waals surface area contributed by atoms with Crippen LogP contribution in [0.3, 0.4) is 0 Å². The van der Waals surface area contributed by atoms with Gasteiger partial charge in [0.15, 0.2) is 0 Å². The van der Waals surface area contributed by atoms with Crippen LogP contribution in [0.5, 0.6) is 5.75 Å². The van der Waals surface area contributed by atoms with Crippen LogP contribution < -0.4 is 27.5 Å². The summed E-state index contributed by atoms with van der Waals surface area (Å²) in [6.07, 6.45) is 3.40. The zero-order valence-corrected chi connectivity index (χ0v) is 15.4. The van der Waals surface area contributed by atoms with Gasteiger partial charge in [0.25, 0.3) is 0 Å². The predicted octanol–water partition coefficient (Wildman–Crippen LogP) is -0.257. The van der Waals surface area contributed by atoms with Crippen LogP contribution in [0.15, 0.2) is 70.4 Å². The molecule has 0 radical (unpaired) electrons. The highest BCUT2D eigenvalue weighted by Crippen LogP contribution is 2.23. The van der Waals surface area contributed by atoms with Crippen molar-refractivity contribution in [3.63, 3.8) is 0 Å². The molecule has 1 N–H and O–H groups in total. The fourth-order valence-corrected chi connectivity index (χ4v) is 2.84. The number of hydrogen-bond donors (Lipinski definition) is 1. The Hall–Kier alpha value is -3.12. The maximum atomic E-state index is 11.5. The van der Waals surface area contributed by atoms with Crippen LogP contribution in [-0.4, -0.2) is 10.1 Å². The van der Waals surface area contributed by atoms with E-state index < -0.39 is 0 Å². The van der Waals surface area contributed by atoms with Crippen LogP contribution in [-0.2, 0) is 13.2 Å². The van der Waals surface area contributed by atoms with Gasteiger partial charge < -0.3 is 21.6 Å².